The Kier molecular flexibility index (Phi) is 4.79. The van der Waals surface area contributed by atoms with Crippen LogP contribution in [0, 0.1) is 0 Å². The van der Waals surface area contributed by atoms with Gasteiger partial charge in [0.15, 0.2) is 0 Å². The van der Waals surface area contributed by atoms with Gasteiger partial charge in [0, 0.05) is 9.52 Å². The van der Waals surface area contributed by atoms with Crippen LogP contribution in [0.2, 0.25) is 6.55 Å². The monoisotopic (exact) mass is 193 g/mol. The first-order chi connectivity index (χ1) is 6.33. The normalized spacial score (nSPS) is 13.7. The fourth-order valence-electron chi connectivity index (χ4n) is 1.42. The van der Waals surface area contributed by atoms with Gasteiger partial charge in [-0.1, -0.05) is 36.9 Å². The molecule has 0 spiro atoms. The van der Waals surface area contributed by atoms with E-state index in [1.165, 1.54) is 24.8 Å². The van der Waals surface area contributed by atoms with E-state index in [9.17, 15) is 0 Å². The van der Waals surface area contributed by atoms with Gasteiger partial charge in [0.25, 0.3) is 0 Å². The third-order valence-electron chi connectivity index (χ3n) is 2.41. The Labute approximate surface area is 83.2 Å². The minimum Gasteiger partial charge on any atom is -0.331 e. The molecule has 0 radical (unpaired) electrons. The molecule has 1 atom stereocenters. The highest BCUT2D eigenvalue weighted by molar-refractivity contribution is 6.35. The molecule has 0 aliphatic heterocycles. The van der Waals surface area contributed by atoms with Crippen molar-refractivity contribution in [3.8, 4) is 0 Å². The lowest BCUT2D eigenvalue weighted by Gasteiger charge is -2.07. The van der Waals surface area contributed by atoms with Crippen molar-refractivity contribution in [1.82, 2.24) is 0 Å². The molecule has 0 amide bonds. The van der Waals surface area contributed by atoms with Crippen LogP contribution in [0.1, 0.15) is 18.4 Å². The third kappa shape index (κ3) is 4.25. The summed E-state index contributed by atoms with van der Waals surface area (Å²) in [5, 5.41) is 0. The minimum absolute atomic E-state index is 0.0160. The van der Waals surface area contributed by atoms with Crippen LogP contribution in [0.3, 0.4) is 0 Å². The number of hydrogen-bond acceptors (Lipinski definition) is 1. The highest BCUT2D eigenvalue weighted by Crippen LogP contribution is 2.05. The number of hydrogen-bond donors (Lipinski definition) is 1. The zero-order chi connectivity index (χ0) is 9.52. The summed E-state index contributed by atoms with van der Waals surface area (Å²) < 4.78 is 0. The van der Waals surface area contributed by atoms with Gasteiger partial charge in [0.05, 0.1) is 0 Å². The molecule has 0 aliphatic carbocycles. The second-order valence-corrected chi connectivity index (χ2v) is 5.41. The van der Waals surface area contributed by atoms with Crippen LogP contribution in [0.15, 0.2) is 30.3 Å². The summed E-state index contributed by atoms with van der Waals surface area (Å²) in [6.45, 7) is 2.28. The zero-order valence-electron chi connectivity index (χ0n) is 8.37. The van der Waals surface area contributed by atoms with Gasteiger partial charge in [0.1, 0.15) is 0 Å². The Bertz CT molecular complexity index is 223. The Morgan fingerprint density at radius 3 is 2.62 bits per heavy atom. The van der Waals surface area contributed by atoms with Crippen LogP contribution >= 0.6 is 0 Å². The highest BCUT2D eigenvalue weighted by Gasteiger charge is 1.98. The summed E-state index contributed by atoms with van der Waals surface area (Å²) in [5.41, 5.74) is 7.87. The number of aryl methyl sites for hydroxylation is 1. The van der Waals surface area contributed by atoms with Crippen molar-refractivity contribution in [1.29, 1.82) is 0 Å². The van der Waals surface area contributed by atoms with Gasteiger partial charge in [-0.2, -0.15) is 0 Å². The third-order valence-corrected chi connectivity index (χ3v) is 3.86. The smallest absolute Gasteiger partial charge is 0.0371 e. The standard InChI is InChI=1S/C11H19NSi/c1-13-11(12)9-5-8-10-6-3-2-4-7-10/h2-4,6-7,11H,5,8-9,12-13H2,1H3. The van der Waals surface area contributed by atoms with Gasteiger partial charge in [-0.05, 0) is 30.5 Å². The maximum atomic E-state index is 5.90. The summed E-state index contributed by atoms with van der Waals surface area (Å²) >= 11 is 0. The van der Waals surface area contributed by atoms with Crippen LogP contribution < -0.4 is 5.73 Å². The molecular formula is C11H19NSi. The molecule has 13 heavy (non-hydrogen) atoms. The fraction of sp³-hybridized carbons (Fsp3) is 0.455. The number of rotatable bonds is 5. The zero-order valence-corrected chi connectivity index (χ0v) is 9.78. The Balaban J connectivity index is 2.20. The first-order valence-corrected chi connectivity index (χ1v) is 7.35. The van der Waals surface area contributed by atoms with Crippen LogP contribution in [0.5, 0.6) is 0 Å². The Morgan fingerprint density at radius 1 is 1.31 bits per heavy atom. The summed E-state index contributed by atoms with van der Waals surface area (Å²) in [4.78, 5) is 0. The first-order valence-electron chi connectivity index (χ1n) is 5.12. The van der Waals surface area contributed by atoms with E-state index >= 15 is 0 Å². The van der Waals surface area contributed by atoms with E-state index in [1.54, 1.807) is 0 Å². The predicted molar refractivity (Wildman–Crippen MR) is 61.8 cm³/mol. The number of nitrogens with two attached hydrogens (primary N) is 1. The molecule has 1 nitrogen and oxygen atoms in total. The highest BCUT2D eigenvalue weighted by atomic mass is 28.2. The van der Waals surface area contributed by atoms with Gasteiger partial charge >= 0.3 is 0 Å². The van der Waals surface area contributed by atoms with E-state index in [0.29, 0.717) is 5.67 Å². The molecular weight excluding hydrogens is 174 g/mol. The molecule has 2 N–H and O–H groups in total. The van der Waals surface area contributed by atoms with E-state index in [2.05, 4.69) is 36.9 Å². The lowest BCUT2D eigenvalue weighted by Crippen LogP contribution is -2.25. The minimum atomic E-state index is 0.0160. The molecule has 0 heterocycles. The van der Waals surface area contributed by atoms with E-state index in [0.717, 1.165) is 0 Å². The molecule has 0 saturated heterocycles. The summed E-state index contributed by atoms with van der Waals surface area (Å²) in [6.07, 6.45) is 3.63. The lowest BCUT2D eigenvalue weighted by atomic mass is 10.1. The average molecular weight is 193 g/mol. The molecule has 0 bridgehead atoms. The van der Waals surface area contributed by atoms with E-state index in [4.69, 9.17) is 5.73 Å². The largest absolute Gasteiger partial charge is 0.331 e. The van der Waals surface area contributed by atoms with Gasteiger partial charge in [-0.3, -0.25) is 0 Å². The van der Waals surface area contributed by atoms with E-state index in [1.807, 2.05) is 0 Å². The quantitative estimate of drug-likeness (QED) is 0.705. The maximum Gasteiger partial charge on any atom is 0.0371 e. The Hall–Kier alpha value is -0.603. The Morgan fingerprint density at radius 2 is 2.00 bits per heavy atom. The second kappa shape index (κ2) is 5.94. The lowest BCUT2D eigenvalue weighted by molar-refractivity contribution is 0.702. The molecule has 1 aromatic carbocycles. The molecule has 0 aromatic heterocycles. The predicted octanol–water partition coefficient (Wildman–Crippen LogP) is 1.51. The van der Waals surface area contributed by atoms with E-state index < -0.39 is 0 Å². The summed E-state index contributed by atoms with van der Waals surface area (Å²) in [6, 6.07) is 10.6. The van der Waals surface area contributed by atoms with Crippen LogP contribution in [0.4, 0.5) is 0 Å². The van der Waals surface area contributed by atoms with Crippen molar-refractivity contribution in [2.24, 2.45) is 5.73 Å². The summed E-state index contributed by atoms with van der Waals surface area (Å²) in [5.74, 6) is 0. The van der Waals surface area contributed by atoms with Crippen molar-refractivity contribution >= 4 is 9.52 Å². The van der Waals surface area contributed by atoms with Crippen molar-refractivity contribution in [3.05, 3.63) is 35.9 Å². The molecule has 0 fully saturated rings. The first kappa shape index (κ1) is 10.5. The van der Waals surface area contributed by atoms with Gasteiger partial charge in [-0.25, -0.2) is 0 Å². The van der Waals surface area contributed by atoms with Crippen molar-refractivity contribution in [3.63, 3.8) is 0 Å². The van der Waals surface area contributed by atoms with Crippen molar-refractivity contribution in [2.45, 2.75) is 31.5 Å². The molecule has 2 heteroatoms. The molecule has 0 aliphatic rings. The van der Waals surface area contributed by atoms with Crippen LogP contribution in [-0.4, -0.2) is 15.2 Å². The SMILES string of the molecule is C[SiH2]C(N)CCCc1ccccc1. The molecule has 1 rings (SSSR count). The molecule has 72 valence electrons. The van der Waals surface area contributed by atoms with Crippen molar-refractivity contribution in [2.75, 3.05) is 0 Å². The maximum absolute atomic E-state index is 5.90. The number of benzene rings is 1. The summed E-state index contributed by atoms with van der Waals surface area (Å²) in [7, 11) is 0.0160. The second-order valence-electron chi connectivity index (χ2n) is 3.55. The van der Waals surface area contributed by atoms with Crippen LogP contribution in [0.25, 0.3) is 0 Å². The average Bonchev–Trinajstić information content (AvgIpc) is 2.19. The van der Waals surface area contributed by atoms with Crippen molar-refractivity contribution < 1.29 is 0 Å². The molecule has 0 saturated carbocycles. The topological polar surface area (TPSA) is 26.0 Å². The van der Waals surface area contributed by atoms with E-state index in [-0.39, 0.29) is 9.52 Å². The van der Waals surface area contributed by atoms with Gasteiger partial charge in [-0.15, -0.1) is 0 Å². The van der Waals surface area contributed by atoms with Gasteiger partial charge < -0.3 is 5.73 Å². The van der Waals surface area contributed by atoms with Gasteiger partial charge in [0.2, 0.25) is 0 Å². The van der Waals surface area contributed by atoms with Crippen LogP contribution in [-0.2, 0) is 6.42 Å². The fourth-order valence-corrected chi connectivity index (χ4v) is 2.11. The molecule has 1 unspecified atom stereocenters. The molecule has 1 aromatic rings.